The van der Waals surface area contributed by atoms with Crippen LogP contribution in [0.2, 0.25) is 0 Å². The highest BCUT2D eigenvalue weighted by Crippen LogP contribution is 2.36. The molecule has 1 aromatic rings. The van der Waals surface area contributed by atoms with Gasteiger partial charge in [0.1, 0.15) is 0 Å². The first-order valence-corrected chi connectivity index (χ1v) is 8.12. The molecule has 2 saturated heterocycles. The molecule has 2 heterocycles. The summed E-state index contributed by atoms with van der Waals surface area (Å²) in [6.45, 7) is 10.9. The highest BCUT2D eigenvalue weighted by atomic mass is 16.7. The third-order valence-electron chi connectivity index (χ3n) is 5.16. The van der Waals surface area contributed by atoms with Gasteiger partial charge in [0.15, 0.2) is 0 Å². The van der Waals surface area contributed by atoms with Gasteiger partial charge in [0, 0.05) is 19.6 Å². The van der Waals surface area contributed by atoms with E-state index in [0.29, 0.717) is 0 Å². The molecule has 0 bridgehead atoms. The van der Waals surface area contributed by atoms with E-state index in [0.717, 1.165) is 31.5 Å². The zero-order valence-corrected chi connectivity index (χ0v) is 14.0. The highest BCUT2D eigenvalue weighted by Gasteiger charge is 2.51. The molecule has 2 fully saturated rings. The fourth-order valence-electron chi connectivity index (χ4n) is 2.97. The molecule has 4 nitrogen and oxygen atoms in total. The zero-order chi connectivity index (χ0) is 16.0. The lowest BCUT2D eigenvalue weighted by Gasteiger charge is -2.32. The van der Waals surface area contributed by atoms with E-state index in [1.165, 1.54) is 5.56 Å². The molecular weight excluding hydrogens is 277 g/mol. The summed E-state index contributed by atoms with van der Waals surface area (Å²) < 4.78 is 12.1. The molecule has 22 heavy (non-hydrogen) atoms. The van der Waals surface area contributed by atoms with Gasteiger partial charge < -0.3 is 14.4 Å². The van der Waals surface area contributed by atoms with Crippen LogP contribution in [-0.2, 0) is 15.9 Å². The van der Waals surface area contributed by atoms with E-state index < -0.39 is 0 Å². The van der Waals surface area contributed by atoms with Crippen LogP contribution in [0.3, 0.4) is 0 Å². The van der Waals surface area contributed by atoms with Gasteiger partial charge in [-0.3, -0.25) is 4.90 Å². The number of hydrogen-bond acceptors (Lipinski definition) is 4. The Bertz CT molecular complexity index is 513. The highest BCUT2D eigenvalue weighted by molar-refractivity contribution is 6.62. The smallest absolute Gasteiger partial charge is 0.399 e. The molecule has 1 aromatic carbocycles. The van der Waals surface area contributed by atoms with Gasteiger partial charge in [-0.1, -0.05) is 24.3 Å². The number of hydrogen-bond donors (Lipinski definition) is 1. The van der Waals surface area contributed by atoms with E-state index in [4.69, 9.17) is 9.31 Å². The van der Waals surface area contributed by atoms with E-state index in [1.54, 1.807) is 0 Å². The first-order valence-electron chi connectivity index (χ1n) is 8.12. The minimum Gasteiger partial charge on any atom is -0.399 e. The molecule has 0 unspecified atom stereocenters. The Balaban J connectivity index is 1.65. The van der Waals surface area contributed by atoms with E-state index in [9.17, 15) is 5.11 Å². The summed E-state index contributed by atoms with van der Waals surface area (Å²) >= 11 is 0. The summed E-state index contributed by atoms with van der Waals surface area (Å²) in [5.41, 5.74) is 1.71. The molecule has 1 atom stereocenters. The second-order valence-electron chi connectivity index (χ2n) is 7.51. The predicted molar refractivity (Wildman–Crippen MR) is 88.1 cm³/mol. The Kier molecular flexibility index (Phi) is 4.10. The molecule has 2 aliphatic heterocycles. The van der Waals surface area contributed by atoms with Gasteiger partial charge in [0.25, 0.3) is 0 Å². The fraction of sp³-hybridized carbons (Fsp3) is 0.647. The van der Waals surface area contributed by atoms with Gasteiger partial charge in [-0.25, -0.2) is 0 Å². The topological polar surface area (TPSA) is 41.9 Å². The Morgan fingerprint density at radius 3 is 2.23 bits per heavy atom. The second-order valence-corrected chi connectivity index (χ2v) is 7.51. The minimum atomic E-state index is -0.304. The lowest BCUT2D eigenvalue weighted by atomic mass is 9.79. The van der Waals surface area contributed by atoms with E-state index >= 15 is 0 Å². The third kappa shape index (κ3) is 3.09. The normalized spacial score (nSPS) is 27.5. The predicted octanol–water partition coefficient (Wildman–Crippen LogP) is 1.55. The summed E-state index contributed by atoms with van der Waals surface area (Å²) in [6, 6.07) is 8.43. The Morgan fingerprint density at radius 2 is 1.73 bits per heavy atom. The number of aliphatic hydroxyl groups excluding tert-OH is 1. The van der Waals surface area contributed by atoms with E-state index in [1.807, 2.05) is 0 Å². The van der Waals surface area contributed by atoms with Crippen molar-refractivity contribution in [1.82, 2.24) is 4.90 Å². The summed E-state index contributed by atoms with van der Waals surface area (Å²) in [6.07, 6.45) is 0.718. The summed E-state index contributed by atoms with van der Waals surface area (Å²) in [5.74, 6) is 0. The first-order chi connectivity index (χ1) is 10.3. The van der Waals surface area contributed by atoms with Crippen molar-refractivity contribution >= 4 is 12.6 Å². The molecule has 0 amide bonds. The van der Waals surface area contributed by atoms with Gasteiger partial charge in [-0.15, -0.1) is 0 Å². The largest absolute Gasteiger partial charge is 0.494 e. The number of rotatable bonds is 3. The number of aliphatic hydroxyl groups is 1. The van der Waals surface area contributed by atoms with Crippen molar-refractivity contribution in [2.45, 2.75) is 58.0 Å². The molecule has 120 valence electrons. The van der Waals surface area contributed by atoms with Crippen LogP contribution in [0, 0.1) is 0 Å². The number of β-amino-alcohol motifs (C(OH)–C–C–N with tert-alkyl or cyclic N) is 1. The molecular formula is C17H26BNO3. The number of likely N-dealkylation sites (tertiary alicyclic amines) is 1. The Morgan fingerprint density at radius 1 is 1.14 bits per heavy atom. The van der Waals surface area contributed by atoms with Crippen LogP contribution in [0.5, 0.6) is 0 Å². The maximum atomic E-state index is 9.59. The van der Waals surface area contributed by atoms with Gasteiger partial charge in [-0.05, 0) is 45.1 Å². The van der Waals surface area contributed by atoms with Crippen LogP contribution in [-0.4, -0.2) is 47.5 Å². The van der Waals surface area contributed by atoms with Crippen LogP contribution in [0.1, 0.15) is 39.7 Å². The quantitative estimate of drug-likeness (QED) is 0.860. The van der Waals surface area contributed by atoms with Crippen LogP contribution >= 0.6 is 0 Å². The number of benzene rings is 1. The molecule has 0 radical (unpaired) electrons. The maximum absolute atomic E-state index is 9.59. The third-order valence-corrected chi connectivity index (χ3v) is 5.16. The minimum absolute atomic E-state index is 0.163. The van der Waals surface area contributed by atoms with Crippen LogP contribution in [0.25, 0.3) is 0 Å². The molecule has 2 aliphatic rings. The summed E-state index contributed by atoms with van der Waals surface area (Å²) in [4.78, 5) is 2.29. The fourth-order valence-corrected chi connectivity index (χ4v) is 2.97. The SMILES string of the molecule is CC1(C)OB(c2ccc(CN3CC[C@H](O)C3)cc2)OC1(C)C. The lowest BCUT2D eigenvalue weighted by molar-refractivity contribution is 0.00578. The van der Waals surface area contributed by atoms with Crippen LogP contribution in [0.15, 0.2) is 24.3 Å². The van der Waals surface area contributed by atoms with Crippen molar-refractivity contribution in [1.29, 1.82) is 0 Å². The molecule has 0 aliphatic carbocycles. The summed E-state index contributed by atoms with van der Waals surface area (Å²) in [7, 11) is -0.298. The first kappa shape index (κ1) is 16.0. The van der Waals surface area contributed by atoms with Gasteiger partial charge in [0.2, 0.25) is 0 Å². The van der Waals surface area contributed by atoms with E-state index in [2.05, 4.69) is 56.9 Å². The molecule has 1 N–H and O–H groups in total. The van der Waals surface area contributed by atoms with Gasteiger partial charge >= 0.3 is 7.12 Å². The average molecular weight is 303 g/mol. The van der Waals surface area contributed by atoms with Crippen molar-refractivity contribution in [3.05, 3.63) is 29.8 Å². The molecule has 0 spiro atoms. The van der Waals surface area contributed by atoms with Crippen molar-refractivity contribution < 1.29 is 14.4 Å². The summed E-state index contributed by atoms with van der Waals surface area (Å²) in [5, 5.41) is 9.59. The van der Waals surface area contributed by atoms with Gasteiger partial charge in [0.05, 0.1) is 17.3 Å². The Labute approximate surface area is 133 Å². The lowest BCUT2D eigenvalue weighted by Crippen LogP contribution is -2.41. The molecule has 0 aromatic heterocycles. The van der Waals surface area contributed by atoms with Crippen molar-refractivity contribution in [3.8, 4) is 0 Å². The van der Waals surface area contributed by atoms with Crippen molar-refractivity contribution in [2.75, 3.05) is 13.1 Å². The molecule has 3 rings (SSSR count). The van der Waals surface area contributed by atoms with E-state index in [-0.39, 0.29) is 24.4 Å². The monoisotopic (exact) mass is 303 g/mol. The van der Waals surface area contributed by atoms with Gasteiger partial charge in [-0.2, -0.15) is 0 Å². The molecule has 0 saturated carbocycles. The van der Waals surface area contributed by atoms with Crippen LogP contribution in [0.4, 0.5) is 0 Å². The second kappa shape index (κ2) is 5.64. The van der Waals surface area contributed by atoms with Crippen LogP contribution < -0.4 is 5.46 Å². The maximum Gasteiger partial charge on any atom is 0.494 e. The van der Waals surface area contributed by atoms with Crippen molar-refractivity contribution in [2.24, 2.45) is 0 Å². The Hall–Kier alpha value is -0.875. The average Bonchev–Trinajstić information content (AvgIpc) is 2.92. The zero-order valence-electron chi connectivity index (χ0n) is 14.0. The number of nitrogens with zero attached hydrogens (tertiary/aromatic N) is 1. The standard InChI is InChI=1S/C17H26BNO3/c1-16(2)17(3,4)22-18(21-16)14-7-5-13(6-8-14)11-19-10-9-15(20)12-19/h5-8,15,20H,9-12H2,1-4H3/t15-/m0/s1. The molecule has 5 heteroatoms. The van der Waals surface area contributed by atoms with Crippen molar-refractivity contribution in [3.63, 3.8) is 0 Å².